The van der Waals surface area contributed by atoms with Gasteiger partial charge in [0.05, 0.1) is 15.8 Å². The van der Waals surface area contributed by atoms with E-state index in [0.717, 1.165) is 31.9 Å². The number of nitrogens with one attached hydrogen (secondary N) is 2. The summed E-state index contributed by atoms with van der Waals surface area (Å²) in [7, 11) is 0. The van der Waals surface area contributed by atoms with E-state index in [1.165, 1.54) is 6.92 Å². The molecule has 2 aromatic carbocycles. The number of carbonyl (C=O) groups is 2. The van der Waals surface area contributed by atoms with Crippen LogP contribution in [-0.2, 0) is 4.79 Å². The lowest BCUT2D eigenvalue weighted by Gasteiger charge is -2.09. The molecule has 0 unspecified atom stereocenters. The summed E-state index contributed by atoms with van der Waals surface area (Å²) in [6.07, 6.45) is 1.69. The van der Waals surface area contributed by atoms with E-state index < -0.39 is 0 Å². The molecule has 4 N–H and O–H groups in total. The van der Waals surface area contributed by atoms with Gasteiger partial charge >= 0.3 is 0 Å². The molecule has 0 radical (unpaired) electrons. The van der Waals surface area contributed by atoms with E-state index in [2.05, 4.69) is 20.6 Å². The van der Waals surface area contributed by atoms with Gasteiger partial charge in [0, 0.05) is 37.3 Å². The topological polar surface area (TPSA) is 110 Å². The summed E-state index contributed by atoms with van der Waals surface area (Å²) in [4.78, 5) is 32.4. The average Bonchev–Trinajstić information content (AvgIpc) is 3.21. The van der Waals surface area contributed by atoms with Gasteiger partial charge in [0.25, 0.3) is 5.91 Å². The first-order valence-electron chi connectivity index (χ1n) is 9.76. The molecule has 4 aromatic rings. The molecular weight excluding hydrogens is 410 g/mol. The lowest BCUT2D eigenvalue weighted by Crippen LogP contribution is -2.33. The molecule has 0 fully saturated rings. The number of pyridine rings is 1. The van der Waals surface area contributed by atoms with E-state index in [4.69, 9.17) is 5.73 Å². The van der Waals surface area contributed by atoms with E-state index in [1.807, 2.05) is 48.5 Å². The Morgan fingerprint density at radius 3 is 2.61 bits per heavy atom. The number of hydrogen-bond acceptors (Lipinski definition) is 6. The molecule has 0 bridgehead atoms. The van der Waals surface area contributed by atoms with Crippen LogP contribution in [0, 0.1) is 0 Å². The van der Waals surface area contributed by atoms with Gasteiger partial charge < -0.3 is 16.4 Å². The highest BCUT2D eigenvalue weighted by Gasteiger charge is 2.13. The fraction of sp³-hybridized carbons (Fsp3) is 0.130. The SMILES string of the molecule is CC(=O)NCCNC(=O)c1cccc(-c2cnc(N)c(-c3nc4ccccc4s3)c2)c1. The lowest BCUT2D eigenvalue weighted by atomic mass is 10.0. The highest BCUT2D eigenvalue weighted by Crippen LogP contribution is 2.35. The van der Waals surface area contributed by atoms with Crippen LogP contribution in [0.5, 0.6) is 0 Å². The first-order chi connectivity index (χ1) is 15.0. The highest BCUT2D eigenvalue weighted by molar-refractivity contribution is 7.21. The number of para-hydroxylation sites is 1. The predicted molar refractivity (Wildman–Crippen MR) is 124 cm³/mol. The number of amides is 2. The van der Waals surface area contributed by atoms with Crippen LogP contribution in [0.2, 0.25) is 0 Å². The standard InChI is InChI=1S/C23H21N5O2S/c1-14(29)25-9-10-26-22(30)16-6-4-5-15(11-16)17-12-18(21(24)27-13-17)23-28-19-7-2-3-8-20(19)31-23/h2-8,11-13H,9-10H2,1H3,(H2,24,27)(H,25,29)(H,26,30). The van der Waals surface area contributed by atoms with Crippen LogP contribution in [0.15, 0.2) is 60.8 Å². The number of nitrogen functional groups attached to an aromatic ring is 1. The molecule has 0 spiro atoms. The number of hydrogen-bond donors (Lipinski definition) is 3. The van der Waals surface area contributed by atoms with Crippen molar-refractivity contribution < 1.29 is 9.59 Å². The normalized spacial score (nSPS) is 10.7. The van der Waals surface area contributed by atoms with E-state index in [1.54, 1.807) is 23.6 Å². The third-order valence-corrected chi connectivity index (χ3v) is 5.76. The Kier molecular flexibility index (Phi) is 5.90. The molecule has 0 aliphatic heterocycles. The number of aromatic nitrogens is 2. The molecule has 2 amide bonds. The Balaban J connectivity index is 1.59. The second kappa shape index (κ2) is 8.93. The largest absolute Gasteiger partial charge is 0.383 e. The van der Waals surface area contributed by atoms with Gasteiger partial charge in [-0.15, -0.1) is 11.3 Å². The molecule has 0 aliphatic carbocycles. The molecule has 4 rings (SSSR count). The van der Waals surface area contributed by atoms with E-state index in [0.29, 0.717) is 24.5 Å². The van der Waals surface area contributed by atoms with E-state index in [-0.39, 0.29) is 11.8 Å². The number of carbonyl (C=O) groups excluding carboxylic acids is 2. The van der Waals surface area contributed by atoms with Crippen molar-refractivity contribution in [3.05, 3.63) is 66.4 Å². The van der Waals surface area contributed by atoms with Gasteiger partial charge in [-0.05, 0) is 35.9 Å². The zero-order valence-electron chi connectivity index (χ0n) is 16.9. The van der Waals surface area contributed by atoms with Gasteiger partial charge in [-0.25, -0.2) is 9.97 Å². The molecule has 7 nitrogen and oxygen atoms in total. The van der Waals surface area contributed by atoms with Crippen molar-refractivity contribution in [1.29, 1.82) is 0 Å². The van der Waals surface area contributed by atoms with Crippen molar-refractivity contribution in [2.45, 2.75) is 6.92 Å². The van der Waals surface area contributed by atoms with Crippen LogP contribution >= 0.6 is 11.3 Å². The average molecular weight is 432 g/mol. The summed E-state index contributed by atoms with van der Waals surface area (Å²) in [5, 5.41) is 6.25. The Labute approximate surface area is 183 Å². The van der Waals surface area contributed by atoms with Crippen molar-refractivity contribution in [2.75, 3.05) is 18.8 Å². The maximum atomic E-state index is 12.4. The second-order valence-electron chi connectivity index (χ2n) is 6.96. The van der Waals surface area contributed by atoms with Gasteiger partial charge in [0.1, 0.15) is 10.8 Å². The number of thiazole rings is 1. The van der Waals surface area contributed by atoms with Crippen molar-refractivity contribution in [2.24, 2.45) is 0 Å². The van der Waals surface area contributed by atoms with Crippen molar-refractivity contribution >= 4 is 39.2 Å². The van der Waals surface area contributed by atoms with Crippen molar-refractivity contribution in [3.63, 3.8) is 0 Å². The molecular formula is C23H21N5O2S. The maximum Gasteiger partial charge on any atom is 0.251 e. The van der Waals surface area contributed by atoms with E-state index in [9.17, 15) is 9.59 Å². The fourth-order valence-corrected chi connectivity index (χ4v) is 4.14. The molecule has 8 heteroatoms. The lowest BCUT2D eigenvalue weighted by molar-refractivity contribution is -0.118. The number of nitrogens with zero attached hydrogens (tertiary/aromatic N) is 2. The van der Waals surface area contributed by atoms with Crippen LogP contribution in [0.1, 0.15) is 17.3 Å². The Morgan fingerprint density at radius 2 is 1.81 bits per heavy atom. The Bertz CT molecular complexity index is 1230. The second-order valence-corrected chi connectivity index (χ2v) is 7.99. The minimum atomic E-state index is -0.206. The number of fused-ring (bicyclic) bond motifs is 1. The summed E-state index contributed by atoms with van der Waals surface area (Å²) in [6, 6.07) is 17.2. The molecule has 2 heterocycles. The summed E-state index contributed by atoms with van der Waals surface area (Å²) >= 11 is 1.56. The zero-order chi connectivity index (χ0) is 21.8. The molecule has 0 atom stereocenters. The van der Waals surface area contributed by atoms with Crippen LogP contribution < -0.4 is 16.4 Å². The number of nitrogens with two attached hydrogens (primary N) is 1. The minimum Gasteiger partial charge on any atom is -0.383 e. The number of anilines is 1. The van der Waals surface area contributed by atoms with Crippen molar-refractivity contribution in [1.82, 2.24) is 20.6 Å². The summed E-state index contributed by atoms with van der Waals surface area (Å²) in [6.45, 7) is 2.18. The first kappa shape index (κ1) is 20.5. The zero-order valence-corrected chi connectivity index (χ0v) is 17.7. The number of rotatable bonds is 6. The van der Waals surface area contributed by atoms with Gasteiger partial charge in [-0.3, -0.25) is 9.59 Å². The van der Waals surface area contributed by atoms with Gasteiger partial charge in [-0.2, -0.15) is 0 Å². The highest BCUT2D eigenvalue weighted by atomic mass is 32.1. The number of benzene rings is 2. The summed E-state index contributed by atoms with van der Waals surface area (Å²) in [5.41, 5.74) is 10.1. The van der Waals surface area contributed by atoms with Crippen LogP contribution in [0.3, 0.4) is 0 Å². The van der Waals surface area contributed by atoms with Gasteiger partial charge in [0.2, 0.25) is 5.91 Å². The monoisotopic (exact) mass is 431 g/mol. The molecule has 0 saturated heterocycles. The van der Waals surface area contributed by atoms with Crippen LogP contribution in [0.4, 0.5) is 5.82 Å². The Hall–Kier alpha value is -3.78. The van der Waals surface area contributed by atoms with E-state index >= 15 is 0 Å². The third-order valence-electron chi connectivity index (χ3n) is 4.69. The van der Waals surface area contributed by atoms with Gasteiger partial charge in [0.15, 0.2) is 0 Å². The molecule has 0 saturated carbocycles. The molecule has 0 aliphatic rings. The van der Waals surface area contributed by atoms with Crippen LogP contribution in [0.25, 0.3) is 31.9 Å². The summed E-state index contributed by atoms with van der Waals surface area (Å²) < 4.78 is 1.08. The molecule has 156 valence electrons. The maximum absolute atomic E-state index is 12.4. The Morgan fingerprint density at radius 1 is 1.00 bits per heavy atom. The van der Waals surface area contributed by atoms with Crippen molar-refractivity contribution in [3.8, 4) is 21.7 Å². The predicted octanol–water partition coefficient (Wildman–Crippen LogP) is 3.47. The molecule has 31 heavy (non-hydrogen) atoms. The minimum absolute atomic E-state index is 0.129. The van der Waals surface area contributed by atoms with Gasteiger partial charge in [-0.1, -0.05) is 24.3 Å². The smallest absolute Gasteiger partial charge is 0.251 e. The van der Waals surface area contributed by atoms with Crippen LogP contribution in [-0.4, -0.2) is 34.9 Å². The summed E-state index contributed by atoms with van der Waals surface area (Å²) in [5.74, 6) is 0.0766. The molecule has 2 aromatic heterocycles. The fourth-order valence-electron chi connectivity index (χ4n) is 3.15. The third kappa shape index (κ3) is 4.70. The first-order valence-corrected chi connectivity index (χ1v) is 10.6. The quantitative estimate of drug-likeness (QED) is 0.405.